The standard InChI is InChI=1S/C14H23N3O/c1-10(14(2,3)4)9-17-13(18)12-8-11(15-5)6-7-16-12/h6-8,10H,9H2,1-5H3,(H,15,16)(H,17,18). The van der Waals surface area contributed by atoms with E-state index in [9.17, 15) is 4.79 Å². The lowest BCUT2D eigenvalue weighted by Crippen LogP contribution is -2.34. The van der Waals surface area contributed by atoms with Crippen LogP contribution in [0.5, 0.6) is 0 Å². The van der Waals surface area contributed by atoms with Crippen molar-refractivity contribution in [2.45, 2.75) is 27.7 Å². The van der Waals surface area contributed by atoms with Crippen LogP contribution in [0.4, 0.5) is 5.69 Å². The number of hydrogen-bond donors (Lipinski definition) is 2. The third kappa shape index (κ3) is 4.02. The fraction of sp³-hybridized carbons (Fsp3) is 0.571. The van der Waals surface area contributed by atoms with Gasteiger partial charge in [-0.25, -0.2) is 0 Å². The first-order valence-electron chi connectivity index (χ1n) is 6.26. The zero-order chi connectivity index (χ0) is 13.8. The highest BCUT2D eigenvalue weighted by Gasteiger charge is 2.20. The molecule has 1 heterocycles. The summed E-state index contributed by atoms with van der Waals surface area (Å²) in [5, 5.41) is 5.92. The van der Waals surface area contributed by atoms with E-state index in [0.29, 0.717) is 18.2 Å². The summed E-state index contributed by atoms with van der Waals surface area (Å²) < 4.78 is 0. The Kier molecular flexibility index (Phi) is 4.70. The van der Waals surface area contributed by atoms with E-state index in [-0.39, 0.29) is 11.3 Å². The molecule has 4 nitrogen and oxygen atoms in total. The molecule has 0 aliphatic carbocycles. The summed E-state index contributed by atoms with van der Waals surface area (Å²) in [5.74, 6) is 0.289. The number of carbonyl (C=O) groups excluding carboxylic acids is 1. The third-order valence-electron chi connectivity index (χ3n) is 3.33. The Labute approximate surface area is 109 Å². The van der Waals surface area contributed by atoms with E-state index >= 15 is 0 Å². The van der Waals surface area contributed by atoms with Crippen LogP contribution in [0.2, 0.25) is 0 Å². The molecule has 1 amide bonds. The van der Waals surface area contributed by atoms with Crippen molar-refractivity contribution in [2.24, 2.45) is 11.3 Å². The van der Waals surface area contributed by atoms with Crippen LogP contribution in [0.1, 0.15) is 38.2 Å². The summed E-state index contributed by atoms with van der Waals surface area (Å²) in [6, 6.07) is 3.58. The Morgan fingerprint density at radius 2 is 2.11 bits per heavy atom. The highest BCUT2D eigenvalue weighted by atomic mass is 16.1. The van der Waals surface area contributed by atoms with Gasteiger partial charge in [-0.3, -0.25) is 9.78 Å². The molecule has 1 rings (SSSR count). The Hall–Kier alpha value is -1.58. The van der Waals surface area contributed by atoms with Crippen molar-refractivity contribution < 1.29 is 4.79 Å². The van der Waals surface area contributed by atoms with Crippen molar-refractivity contribution >= 4 is 11.6 Å². The normalized spacial score (nSPS) is 12.9. The summed E-state index contributed by atoms with van der Waals surface area (Å²) in [6.07, 6.45) is 1.63. The molecule has 1 unspecified atom stereocenters. The fourth-order valence-corrected chi connectivity index (χ4v) is 1.35. The van der Waals surface area contributed by atoms with Gasteiger partial charge in [0.1, 0.15) is 5.69 Å². The number of amides is 1. The smallest absolute Gasteiger partial charge is 0.269 e. The molecule has 0 bridgehead atoms. The minimum absolute atomic E-state index is 0.122. The van der Waals surface area contributed by atoms with E-state index in [0.717, 1.165) is 5.69 Å². The molecule has 100 valence electrons. The van der Waals surface area contributed by atoms with Crippen molar-refractivity contribution in [3.8, 4) is 0 Å². The molecular formula is C14H23N3O. The van der Waals surface area contributed by atoms with E-state index in [2.05, 4.69) is 43.3 Å². The number of hydrogen-bond acceptors (Lipinski definition) is 3. The molecule has 0 spiro atoms. The second-order valence-corrected chi connectivity index (χ2v) is 5.66. The van der Waals surface area contributed by atoms with Gasteiger partial charge in [-0.2, -0.15) is 0 Å². The topological polar surface area (TPSA) is 54.0 Å². The average Bonchev–Trinajstić information content (AvgIpc) is 2.34. The Morgan fingerprint density at radius 3 is 2.67 bits per heavy atom. The third-order valence-corrected chi connectivity index (χ3v) is 3.33. The molecule has 4 heteroatoms. The highest BCUT2D eigenvalue weighted by molar-refractivity contribution is 5.93. The van der Waals surface area contributed by atoms with Gasteiger partial charge in [0.15, 0.2) is 0 Å². The second kappa shape index (κ2) is 5.85. The molecule has 0 aromatic carbocycles. The quantitative estimate of drug-likeness (QED) is 0.862. The number of nitrogens with one attached hydrogen (secondary N) is 2. The molecule has 2 N–H and O–H groups in total. The van der Waals surface area contributed by atoms with Gasteiger partial charge in [0.25, 0.3) is 5.91 Å². The minimum atomic E-state index is -0.122. The van der Waals surface area contributed by atoms with E-state index in [4.69, 9.17) is 0 Å². The molecule has 1 aromatic rings. The molecule has 1 aromatic heterocycles. The van der Waals surface area contributed by atoms with Gasteiger partial charge in [-0.15, -0.1) is 0 Å². The maximum absolute atomic E-state index is 11.9. The van der Waals surface area contributed by atoms with Crippen molar-refractivity contribution in [1.29, 1.82) is 0 Å². The molecule has 0 aliphatic rings. The second-order valence-electron chi connectivity index (χ2n) is 5.66. The fourth-order valence-electron chi connectivity index (χ4n) is 1.35. The van der Waals surface area contributed by atoms with Crippen molar-refractivity contribution in [1.82, 2.24) is 10.3 Å². The number of aromatic nitrogens is 1. The van der Waals surface area contributed by atoms with Gasteiger partial charge in [-0.1, -0.05) is 27.7 Å². The number of rotatable bonds is 4. The lowest BCUT2D eigenvalue weighted by Gasteiger charge is -2.27. The summed E-state index contributed by atoms with van der Waals surface area (Å²) in [7, 11) is 1.82. The number of pyridine rings is 1. The maximum atomic E-state index is 11.9. The summed E-state index contributed by atoms with van der Waals surface area (Å²) in [6.45, 7) is 9.31. The van der Waals surface area contributed by atoms with Gasteiger partial charge in [0, 0.05) is 25.5 Å². The van der Waals surface area contributed by atoms with Gasteiger partial charge < -0.3 is 10.6 Å². The number of carbonyl (C=O) groups is 1. The van der Waals surface area contributed by atoms with Gasteiger partial charge in [-0.05, 0) is 23.5 Å². The van der Waals surface area contributed by atoms with Crippen LogP contribution in [0.3, 0.4) is 0 Å². The predicted octanol–water partition coefficient (Wildman–Crippen LogP) is 2.54. The Bertz CT molecular complexity index is 410. The zero-order valence-corrected chi connectivity index (χ0v) is 11.9. The van der Waals surface area contributed by atoms with Crippen LogP contribution in [0, 0.1) is 11.3 Å². The van der Waals surface area contributed by atoms with Crippen LogP contribution in [0.25, 0.3) is 0 Å². The van der Waals surface area contributed by atoms with Crippen molar-refractivity contribution in [3.05, 3.63) is 24.0 Å². The monoisotopic (exact) mass is 249 g/mol. The molecule has 0 fully saturated rings. The van der Waals surface area contributed by atoms with Crippen molar-refractivity contribution in [2.75, 3.05) is 18.9 Å². The average molecular weight is 249 g/mol. The van der Waals surface area contributed by atoms with Crippen molar-refractivity contribution in [3.63, 3.8) is 0 Å². The Balaban J connectivity index is 2.60. The Morgan fingerprint density at radius 1 is 1.44 bits per heavy atom. The molecule has 0 saturated heterocycles. The first kappa shape index (κ1) is 14.5. The van der Waals surface area contributed by atoms with Crippen LogP contribution >= 0.6 is 0 Å². The largest absolute Gasteiger partial charge is 0.388 e. The van der Waals surface area contributed by atoms with Gasteiger partial charge in [0.2, 0.25) is 0 Å². The molecule has 18 heavy (non-hydrogen) atoms. The SMILES string of the molecule is CNc1ccnc(C(=O)NCC(C)C(C)(C)C)c1. The summed E-state index contributed by atoms with van der Waals surface area (Å²) in [5.41, 5.74) is 1.52. The molecule has 0 radical (unpaired) electrons. The molecule has 0 saturated carbocycles. The van der Waals surface area contributed by atoms with Crippen LogP contribution < -0.4 is 10.6 Å². The highest BCUT2D eigenvalue weighted by Crippen LogP contribution is 2.24. The van der Waals surface area contributed by atoms with Gasteiger partial charge >= 0.3 is 0 Å². The maximum Gasteiger partial charge on any atom is 0.269 e. The molecule has 0 aliphatic heterocycles. The predicted molar refractivity (Wildman–Crippen MR) is 74.7 cm³/mol. The zero-order valence-electron chi connectivity index (χ0n) is 11.9. The van der Waals surface area contributed by atoms with E-state index in [1.54, 1.807) is 12.3 Å². The summed E-state index contributed by atoms with van der Waals surface area (Å²) >= 11 is 0. The molecule has 1 atom stereocenters. The van der Waals surface area contributed by atoms with Crippen LogP contribution in [-0.4, -0.2) is 24.5 Å². The lowest BCUT2D eigenvalue weighted by molar-refractivity contribution is 0.0932. The van der Waals surface area contributed by atoms with E-state index in [1.807, 2.05) is 13.1 Å². The van der Waals surface area contributed by atoms with E-state index < -0.39 is 0 Å². The molecular weight excluding hydrogens is 226 g/mol. The summed E-state index contributed by atoms with van der Waals surface area (Å²) in [4.78, 5) is 16.0. The van der Waals surface area contributed by atoms with Gasteiger partial charge in [0.05, 0.1) is 0 Å². The lowest BCUT2D eigenvalue weighted by atomic mass is 9.82. The number of anilines is 1. The minimum Gasteiger partial charge on any atom is -0.388 e. The van der Waals surface area contributed by atoms with Crippen LogP contribution in [0.15, 0.2) is 18.3 Å². The van der Waals surface area contributed by atoms with Crippen LogP contribution in [-0.2, 0) is 0 Å². The number of nitrogens with zero attached hydrogens (tertiary/aromatic N) is 1. The first-order chi connectivity index (χ1) is 8.34. The van der Waals surface area contributed by atoms with E-state index in [1.165, 1.54) is 0 Å². The first-order valence-corrected chi connectivity index (χ1v) is 6.26.